The number of rotatable bonds is 4. The number of hydrogen-bond acceptors (Lipinski definition) is 5. The van der Waals surface area contributed by atoms with Crippen LogP contribution in [0.2, 0.25) is 0 Å². The smallest absolute Gasteiger partial charge is 0.410 e. The van der Waals surface area contributed by atoms with E-state index in [1.165, 1.54) is 6.07 Å². The van der Waals surface area contributed by atoms with Gasteiger partial charge in [0.25, 0.3) is 0 Å². The number of nitrogens with zero attached hydrogens (tertiary/aromatic N) is 2. The van der Waals surface area contributed by atoms with Crippen molar-refractivity contribution in [3.8, 4) is 11.8 Å². The van der Waals surface area contributed by atoms with Crippen LogP contribution in [-0.4, -0.2) is 42.1 Å². The van der Waals surface area contributed by atoms with Crippen LogP contribution in [0.1, 0.15) is 49.5 Å². The Morgan fingerprint density at radius 1 is 1.46 bits per heavy atom. The molecule has 1 aromatic carbocycles. The van der Waals surface area contributed by atoms with E-state index in [1.54, 1.807) is 17.0 Å². The first-order valence-electron chi connectivity index (χ1n) is 7.96. The van der Waals surface area contributed by atoms with Crippen molar-refractivity contribution in [2.24, 2.45) is 0 Å². The average Bonchev–Trinajstić information content (AvgIpc) is 2.99. The molecule has 0 radical (unpaired) electrons. The van der Waals surface area contributed by atoms with Crippen molar-refractivity contribution in [1.29, 1.82) is 5.26 Å². The Hall–Kier alpha value is -2.55. The fraction of sp³-hybridized carbons (Fsp3) is 0.500. The lowest BCUT2D eigenvalue weighted by atomic mass is 10.1. The molecule has 128 valence electrons. The zero-order valence-corrected chi connectivity index (χ0v) is 14.2. The maximum Gasteiger partial charge on any atom is 0.410 e. The molecule has 0 saturated carbocycles. The largest absolute Gasteiger partial charge is 0.490 e. The molecule has 6 nitrogen and oxygen atoms in total. The minimum absolute atomic E-state index is 0.0860. The lowest BCUT2D eigenvalue weighted by molar-refractivity contribution is 0.0187. The highest BCUT2D eigenvalue weighted by molar-refractivity contribution is 5.76. The van der Waals surface area contributed by atoms with Gasteiger partial charge in [0.05, 0.1) is 11.6 Å². The molecule has 1 aliphatic rings. The van der Waals surface area contributed by atoms with Crippen LogP contribution >= 0.6 is 0 Å². The van der Waals surface area contributed by atoms with E-state index >= 15 is 0 Å². The molecule has 0 spiro atoms. The van der Waals surface area contributed by atoms with Crippen LogP contribution in [0.5, 0.6) is 5.75 Å². The average molecular weight is 330 g/mol. The highest BCUT2D eigenvalue weighted by Gasteiger charge is 2.32. The molecule has 1 aromatic rings. The number of nitriles is 1. The lowest BCUT2D eigenvalue weighted by Gasteiger charge is -2.28. The van der Waals surface area contributed by atoms with Gasteiger partial charge in [0.2, 0.25) is 0 Å². The standard InChI is InChI=1S/C18H22N2O4/c1-18(2,3)24-17(22)20-8-4-5-15(20)12-23-16-7-6-13(11-21)9-14(16)10-19/h6-7,9,11,15H,4-5,8,12H2,1-3H3/t15-/m1/s1. The second-order valence-corrected chi connectivity index (χ2v) is 6.77. The number of ether oxygens (including phenoxy) is 2. The summed E-state index contributed by atoms with van der Waals surface area (Å²) in [6.45, 7) is 6.42. The summed E-state index contributed by atoms with van der Waals surface area (Å²) < 4.78 is 11.2. The van der Waals surface area contributed by atoms with E-state index < -0.39 is 5.60 Å². The van der Waals surface area contributed by atoms with Gasteiger partial charge in [-0.1, -0.05) is 0 Å². The lowest BCUT2D eigenvalue weighted by Crippen LogP contribution is -2.42. The third-order valence-electron chi connectivity index (χ3n) is 3.70. The second-order valence-electron chi connectivity index (χ2n) is 6.77. The Balaban J connectivity index is 2.02. The number of carbonyl (C=O) groups excluding carboxylic acids is 2. The molecule has 1 aliphatic heterocycles. The zero-order valence-electron chi connectivity index (χ0n) is 14.2. The van der Waals surface area contributed by atoms with Crippen LogP contribution in [0.15, 0.2) is 18.2 Å². The van der Waals surface area contributed by atoms with Crippen molar-refractivity contribution in [3.63, 3.8) is 0 Å². The van der Waals surface area contributed by atoms with E-state index in [0.29, 0.717) is 29.7 Å². The Labute approximate surface area is 142 Å². The molecule has 1 atom stereocenters. The molecule has 1 heterocycles. The first kappa shape index (κ1) is 17.8. The minimum atomic E-state index is -0.538. The van der Waals surface area contributed by atoms with E-state index in [9.17, 15) is 9.59 Å². The van der Waals surface area contributed by atoms with Crippen LogP contribution in [0.25, 0.3) is 0 Å². The van der Waals surface area contributed by atoms with Crippen molar-refractivity contribution in [3.05, 3.63) is 29.3 Å². The molecule has 0 aromatic heterocycles. The fourth-order valence-corrected chi connectivity index (χ4v) is 2.59. The quantitative estimate of drug-likeness (QED) is 0.792. The molecule has 0 unspecified atom stereocenters. The fourth-order valence-electron chi connectivity index (χ4n) is 2.59. The summed E-state index contributed by atoms with van der Waals surface area (Å²) in [6, 6.07) is 6.63. The molecule has 24 heavy (non-hydrogen) atoms. The number of benzene rings is 1. The molecule has 0 bridgehead atoms. The van der Waals surface area contributed by atoms with Crippen LogP contribution in [-0.2, 0) is 4.74 Å². The van der Waals surface area contributed by atoms with Gasteiger partial charge in [0.1, 0.15) is 30.3 Å². The van der Waals surface area contributed by atoms with Gasteiger partial charge < -0.3 is 14.4 Å². The summed E-state index contributed by atoms with van der Waals surface area (Å²) in [7, 11) is 0. The summed E-state index contributed by atoms with van der Waals surface area (Å²) in [5.41, 5.74) is 0.195. The molecular weight excluding hydrogens is 308 g/mol. The Morgan fingerprint density at radius 3 is 2.83 bits per heavy atom. The molecule has 1 amide bonds. The number of aldehydes is 1. The third kappa shape index (κ3) is 4.48. The molecule has 2 rings (SSSR count). The first-order valence-corrected chi connectivity index (χ1v) is 7.96. The highest BCUT2D eigenvalue weighted by Crippen LogP contribution is 2.24. The van der Waals surface area contributed by atoms with Gasteiger partial charge in [0, 0.05) is 12.1 Å². The molecule has 1 fully saturated rings. The number of hydrogen-bond donors (Lipinski definition) is 0. The predicted octanol–water partition coefficient (Wildman–Crippen LogP) is 3.15. The Kier molecular flexibility index (Phi) is 5.45. The van der Waals surface area contributed by atoms with E-state index in [2.05, 4.69) is 0 Å². The minimum Gasteiger partial charge on any atom is -0.490 e. The van der Waals surface area contributed by atoms with Crippen molar-refractivity contribution in [2.75, 3.05) is 13.2 Å². The highest BCUT2D eigenvalue weighted by atomic mass is 16.6. The van der Waals surface area contributed by atoms with Crippen LogP contribution < -0.4 is 4.74 Å². The van der Waals surface area contributed by atoms with E-state index in [0.717, 1.165) is 12.8 Å². The summed E-state index contributed by atoms with van der Waals surface area (Å²) in [5, 5.41) is 9.17. The molecule has 0 aliphatic carbocycles. The van der Waals surface area contributed by atoms with Gasteiger partial charge in [-0.25, -0.2) is 4.79 Å². The maximum absolute atomic E-state index is 12.2. The third-order valence-corrected chi connectivity index (χ3v) is 3.70. The van der Waals surface area contributed by atoms with Crippen LogP contribution in [0.4, 0.5) is 4.79 Å². The number of carbonyl (C=O) groups is 2. The maximum atomic E-state index is 12.2. The first-order chi connectivity index (χ1) is 11.3. The molecular formula is C18H22N2O4. The van der Waals surface area contributed by atoms with Gasteiger partial charge in [-0.2, -0.15) is 5.26 Å². The van der Waals surface area contributed by atoms with Gasteiger partial charge in [0.15, 0.2) is 0 Å². The van der Waals surface area contributed by atoms with Crippen molar-refractivity contribution in [2.45, 2.75) is 45.3 Å². The zero-order chi connectivity index (χ0) is 17.7. The Morgan fingerprint density at radius 2 is 2.21 bits per heavy atom. The normalized spacial score (nSPS) is 17.2. The summed E-state index contributed by atoms with van der Waals surface area (Å²) in [4.78, 5) is 24.7. The van der Waals surface area contributed by atoms with Crippen LogP contribution in [0, 0.1) is 11.3 Å². The van der Waals surface area contributed by atoms with Crippen molar-refractivity contribution in [1.82, 2.24) is 4.90 Å². The molecule has 1 saturated heterocycles. The number of amides is 1. The summed E-state index contributed by atoms with van der Waals surface area (Å²) >= 11 is 0. The van der Waals surface area contributed by atoms with Crippen LogP contribution in [0.3, 0.4) is 0 Å². The van der Waals surface area contributed by atoms with Gasteiger partial charge in [-0.15, -0.1) is 0 Å². The van der Waals surface area contributed by atoms with Gasteiger partial charge >= 0.3 is 6.09 Å². The van der Waals surface area contributed by atoms with Gasteiger partial charge in [-0.05, 0) is 51.8 Å². The SMILES string of the molecule is CC(C)(C)OC(=O)N1CCC[C@@H]1COc1ccc(C=O)cc1C#N. The summed E-state index contributed by atoms with van der Waals surface area (Å²) in [5.74, 6) is 0.416. The predicted molar refractivity (Wildman–Crippen MR) is 88.0 cm³/mol. The van der Waals surface area contributed by atoms with E-state index in [-0.39, 0.29) is 18.7 Å². The summed E-state index contributed by atoms with van der Waals surface area (Å²) in [6.07, 6.45) is 2.06. The number of likely N-dealkylation sites (tertiary alicyclic amines) is 1. The van der Waals surface area contributed by atoms with Gasteiger partial charge in [-0.3, -0.25) is 4.79 Å². The van der Waals surface area contributed by atoms with Crippen molar-refractivity contribution < 1.29 is 19.1 Å². The molecule has 6 heteroatoms. The van der Waals surface area contributed by atoms with E-state index in [4.69, 9.17) is 14.7 Å². The topological polar surface area (TPSA) is 79.6 Å². The second kappa shape index (κ2) is 7.35. The Bertz CT molecular complexity index is 658. The monoisotopic (exact) mass is 330 g/mol. The molecule has 0 N–H and O–H groups in total. The van der Waals surface area contributed by atoms with E-state index in [1.807, 2.05) is 26.8 Å². The van der Waals surface area contributed by atoms with Crippen molar-refractivity contribution >= 4 is 12.4 Å².